The van der Waals surface area contributed by atoms with E-state index in [2.05, 4.69) is 15.6 Å². The van der Waals surface area contributed by atoms with Gasteiger partial charge in [-0.1, -0.05) is 0 Å². The van der Waals surface area contributed by atoms with Crippen LogP contribution >= 0.6 is 11.3 Å². The van der Waals surface area contributed by atoms with Gasteiger partial charge >= 0.3 is 12.1 Å². The summed E-state index contributed by atoms with van der Waals surface area (Å²) in [5.41, 5.74) is 0. The second kappa shape index (κ2) is 4.45. The second-order valence-electron chi connectivity index (χ2n) is 4.25. The Balaban J connectivity index is 1.61. The largest absolute Gasteiger partial charge is 0.336 e. The lowest BCUT2D eigenvalue weighted by Crippen LogP contribution is -2.54. The third-order valence-corrected chi connectivity index (χ3v) is 3.85. The molecule has 7 nitrogen and oxygen atoms in total. The summed E-state index contributed by atoms with van der Waals surface area (Å²) in [5.74, 6) is 0. The lowest BCUT2D eigenvalue weighted by Gasteiger charge is -2.36. The third kappa shape index (κ3) is 1.99. The van der Waals surface area contributed by atoms with Crippen molar-refractivity contribution in [2.24, 2.45) is 0 Å². The zero-order valence-electron chi connectivity index (χ0n) is 9.63. The molecule has 1 atom stereocenters. The normalized spacial score (nSPS) is 22.7. The van der Waals surface area contributed by atoms with Crippen molar-refractivity contribution in [2.45, 2.75) is 6.04 Å². The molecule has 2 saturated heterocycles. The van der Waals surface area contributed by atoms with Crippen LogP contribution in [0.25, 0.3) is 0 Å². The van der Waals surface area contributed by atoms with Gasteiger partial charge in [0.2, 0.25) is 0 Å². The minimum Gasteiger partial charge on any atom is -0.336 e. The highest BCUT2D eigenvalue weighted by Crippen LogP contribution is 2.16. The van der Waals surface area contributed by atoms with E-state index >= 15 is 0 Å². The minimum absolute atomic E-state index is 0.0278. The first-order chi connectivity index (χ1) is 8.74. The van der Waals surface area contributed by atoms with Gasteiger partial charge in [-0.15, -0.1) is 11.3 Å². The lowest BCUT2D eigenvalue weighted by molar-refractivity contribution is 0.136. The van der Waals surface area contributed by atoms with Crippen LogP contribution in [0.15, 0.2) is 11.6 Å². The van der Waals surface area contributed by atoms with Crippen molar-refractivity contribution in [2.75, 3.05) is 31.5 Å². The van der Waals surface area contributed by atoms with Crippen molar-refractivity contribution < 1.29 is 9.59 Å². The number of rotatable bonds is 1. The van der Waals surface area contributed by atoms with Crippen molar-refractivity contribution >= 4 is 28.5 Å². The first-order valence-corrected chi connectivity index (χ1v) is 6.62. The molecule has 0 aliphatic carbocycles. The van der Waals surface area contributed by atoms with Gasteiger partial charge in [-0.3, -0.25) is 5.32 Å². The SMILES string of the molecule is O=C(Nc1nccs1)N1CCN2C(=O)NC[C@@H]2C1. The number of urea groups is 2. The number of carbonyl (C=O) groups is 2. The highest BCUT2D eigenvalue weighted by molar-refractivity contribution is 7.13. The van der Waals surface area contributed by atoms with Gasteiger partial charge in [0.15, 0.2) is 5.13 Å². The summed E-state index contributed by atoms with van der Waals surface area (Å²) in [6.45, 7) is 2.32. The van der Waals surface area contributed by atoms with Crippen molar-refractivity contribution in [1.82, 2.24) is 20.1 Å². The van der Waals surface area contributed by atoms with Crippen LogP contribution in [0.4, 0.5) is 14.7 Å². The molecule has 3 rings (SSSR count). The van der Waals surface area contributed by atoms with E-state index in [1.165, 1.54) is 11.3 Å². The summed E-state index contributed by atoms with van der Waals surface area (Å²) < 4.78 is 0. The maximum Gasteiger partial charge on any atom is 0.323 e. The molecule has 18 heavy (non-hydrogen) atoms. The molecule has 0 saturated carbocycles. The first-order valence-electron chi connectivity index (χ1n) is 5.74. The Morgan fingerprint density at radius 3 is 3.22 bits per heavy atom. The van der Waals surface area contributed by atoms with Crippen molar-refractivity contribution in [3.8, 4) is 0 Å². The summed E-state index contributed by atoms with van der Waals surface area (Å²) >= 11 is 1.39. The van der Waals surface area contributed by atoms with Crippen LogP contribution in [0.1, 0.15) is 0 Å². The molecule has 0 unspecified atom stereocenters. The quantitative estimate of drug-likeness (QED) is 0.772. The van der Waals surface area contributed by atoms with Crippen LogP contribution in [0.5, 0.6) is 0 Å². The molecule has 0 radical (unpaired) electrons. The Morgan fingerprint density at radius 1 is 1.56 bits per heavy atom. The van der Waals surface area contributed by atoms with Gasteiger partial charge in [-0.25, -0.2) is 14.6 Å². The van der Waals surface area contributed by atoms with E-state index in [9.17, 15) is 9.59 Å². The fourth-order valence-corrected chi connectivity index (χ4v) is 2.76. The predicted octanol–water partition coefficient (Wildman–Crippen LogP) is 0.384. The number of aromatic nitrogens is 1. The van der Waals surface area contributed by atoms with Crippen LogP contribution in [0.3, 0.4) is 0 Å². The van der Waals surface area contributed by atoms with Crippen molar-refractivity contribution in [3.63, 3.8) is 0 Å². The van der Waals surface area contributed by atoms with Crippen LogP contribution in [-0.2, 0) is 0 Å². The Kier molecular flexibility index (Phi) is 2.78. The molecule has 96 valence electrons. The number of thiazole rings is 1. The number of fused-ring (bicyclic) bond motifs is 1. The number of nitrogens with zero attached hydrogens (tertiary/aromatic N) is 3. The Hall–Kier alpha value is -1.83. The highest BCUT2D eigenvalue weighted by Gasteiger charge is 2.36. The summed E-state index contributed by atoms with van der Waals surface area (Å²) in [6.07, 6.45) is 1.65. The molecule has 8 heteroatoms. The number of anilines is 1. The van der Waals surface area contributed by atoms with Gasteiger partial charge in [-0.05, 0) is 0 Å². The van der Waals surface area contributed by atoms with Gasteiger partial charge in [0, 0.05) is 37.8 Å². The van der Waals surface area contributed by atoms with E-state index in [1.807, 2.05) is 5.38 Å². The predicted molar refractivity (Wildman–Crippen MR) is 66.6 cm³/mol. The van der Waals surface area contributed by atoms with Crippen molar-refractivity contribution in [3.05, 3.63) is 11.6 Å². The number of nitrogens with one attached hydrogen (secondary N) is 2. The fraction of sp³-hybridized carbons (Fsp3) is 0.500. The van der Waals surface area contributed by atoms with Crippen LogP contribution < -0.4 is 10.6 Å². The van der Waals surface area contributed by atoms with Gasteiger partial charge in [0.1, 0.15) is 0 Å². The molecular weight excluding hydrogens is 254 g/mol. The topological polar surface area (TPSA) is 77.6 Å². The summed E-state index contributed by atoms with van der Waals surface area (Å²) in [5, 5.41) is 7.95. The average Bonchev–Trinajstić information content (AvgIpc) is 2.99. The minimum atomic E-state index is -0.149. The summed E-state index contributed by atoms with van der Waals surface area (Å²) in [4.78, 5) is 30.9. The molecule has 1 aromatic rings. The Labute approximate surface area is 108 Å². The van der Waals surface area contributed by atoms with E-state index in [4.69, 9.17) is 0 Å². The molecule has 2 N–H and O–H groups in total. The first kappa shape index (κ1) is 11.3. The highest BCUT2D eigenvalue weighted by atomic mass is 32.1. The molecule has 0 bridgehead atoms. The van der Waals surface area contributed by atoms with E-state index in [1.54, 1.807) is 16.0 Å². The number of carbonyl (C=O) groups excluding carboxylic acids is 2. The average molecular weight is 267 g/mol. The maximum atomic E-state index is 12.0. The zero-order valence-corrected chi connectivity index (χ0v) is 10.4. The van der Waals surface area contributed by atoms with E-state index in [0.717, 1.165) is 0 Å². The number of hydrogen-bond acceptors (Lipinski definition) is 4. The zero-order chi connectivity index (χ0) is 12.5. The summed E-state index contributed by atoms with van der Waals surface area (Å²) in [6, 6.07) is -0.0859. The molecule has 0 aromatic carbocycles. The van der Waals surface area contributed by atoms with Gasteiger partial charge in [0.05, 0.1) is 6.04 Å². The third-order valence-electron chi connectivity index (χ3n) is 3.17. The van der Waals surface area contributed by atoms with Gasteiger partial charge < -0.3 is 15.1 Å². The maximum absolute atomic E-state index is 12.0. The van der Waals surface area contributed by atoms with E-state index < -0.39 is 0 Å². The van der Waals surface area contributed by atoms with E-state index in [0.29, 0.717) is 31.3 Å². The standard InChI is InChI=1S/C10H13N5O2S/c16-9-12-5-7-6-14(2-3-15(7)9)10(17)13-8-11-1-4-18-8/h1,4,7H,2-3,5-6H2,(H,12,16)(H,11,13,17)/t7-/m1/s1. The molecular formula is C10H13N5O2S. The van der Waals surface area contributed by atoms with Gasteiger partial charge in [-0.2, -0.15) is 0 Å². The molecule has 2 aliphatic rings. The Bertz CT molecular complexity index is 463. The summed E-state index contributed by atoms with van der Waals surface area (Å²) in [7, 11) is 0. The molecule has 3 heterocycles. The van der Waals surface area contributed by atoms with Crippen LogP contribution in [-0.4, -0.2) is 59.1 Å². The molecule has 2 aliphatic heterocycles. The van der Waals surface area contributed by atoms with E-state index in [-0.39, 0.29) is 18.1 Å². The molecule has 4 amide bonds. The second-order valence-corrected chi connectivity index (χ2v) is 5.14. The Morgan fingerprint density at radius 2 is 2.44 bits per heavy atom. The van der Waals surface area contributed by atoms with Crippen LogP contribution in [0.2, 0.25) is 0 Å². The lowest BCUT2D eigenvalue weighted by atomic mass is 10.2. The number of amides is 4. The monoisotopic (exact) mass is 267 g/mol. The van der Waals surface area contributed by atoms with Crippen molar-refractivity contribution in [1.29, 1.82) is 0 Å². The molecule has 0 spiro atoms. The molecule has 1 aromatic heterocycles. The number of hydrogen-bond donors (Lipinski definition) is 2. The molecule has 2 fully saturated rings. The number of piperazine rings is 1. The van der Waals surface area contributed by atoms with Crippen LogP contribution in [0, 0.1) is 0 Å². The smallest absolute Gasteiger partial charge is 0.323 e. The fourth-order valence-electron chi connectivity index (χ4n) is 2.24. The van der Waals surface area contributed by atoms with Gasteiger partial charge in [0.25, 0.3) is 0 Å².